The summed E-state index contributed by atoms with van der Waals surface area (Å²) in [5.41, 5.74) is 6.42. The van der Waals surface area contributed by atoms with Crippen LogP contribution in [-0.2, 0) is 30.3 Å². The summed E-state index contributed by atoms with van der Waals surface area (Å²) < 4.78 is 5.67. The molecule has 1 heterocycles. The first-order chi connectivity index (χ1) is 21.5. The van der Waals surface area contributed by atoms with E-state index in [4.69, 9.17) is 10.5 Å². The lowest BCUT2D eigenvalue weighted by molar-refractivity contribution is -0.158. The molecular formula is C34H45N5O7. The van der Waals surface area contributed by atoms with Crippen molar-refractivity contribution in [1.29, 1.82) is 0 Å². The number of hydrogen-bond donors (Lipinski definition) is 3. The Morgan fingerprint density at radius 3 is 2.15 bits per heavy atom. The number of carbonyl (C=O) groups excluding carboxylic acids is 6. The van der Waals surface area contributed by atoms with Crippen molar-refractivity contribution in [1.82, 2.24) is 15.1 Å². The molecule has 3 rings (SSSR count). The summed E-state index contributed by atoms with van der Waals surface area (Å²) in [6, 6.07) is 10.7. The maximum Gasteiger partial charge on any atom is 0.323 e. The van der Waals surface area contributed by atoms with Crippen LogP contribution in [0.15, 0.2) is 48.5 Å². The van der Waals surface area contributed by atoms with Crippen molar-refractivity contribution in [3.63, 3.8) is 0 Å². The molecule has 0 bridgehead atoms. The van der Waals surface area contributed by atoms with Gasteiger partial charge >= 0.3 is 5.97 Å². The number of esters is 1. The number of anilines is 1. The number of nitrogens with one attached hydrogen (secondary N) is 2. The molecule has 0 spiro atoms. The molecule has 1 aliphatic heterocycles. The van der Waals surface area contributed by atoms with Gasteiger partial charge in [-0.25, -0.2) is 0 Å². The monoisotopic (exact) mass is 635 g/mol. The molecule has 0 saturated carbocycles. The van der Waals surface area contributed by atoms with E-state index in [-0.39, 0.29) is 42.3 Å². The number of nitrogens with zero attached hydrogens (tertiary/aromatic N) is 2. The highest BCUT2D eigenvalue weighted by Gasteiger charge is 2.39. The standard InChI is InChI=1S/C34H45N5O7/c1-20(2)17-27(32(44)38(7)28(29(35)41)18-22-11-9-8-10-12-22)37-26(33(45)46-34(4,5)6)15-16-39-30(42)24-14-13-23(36-21(3)40)19-25(24)31(39)43/h8-14,19-20,26-28,37H,15-18H2,1-7H3,(H2,35,41)(H,36,40)/t26-,27+,28+/m1/s1. The fraction of sp³-hybridized carbons (Fsp3) is 0.471. The summed E-state index contributed by atoms with van der Waals surface area (Å²) >= 11 is 0. The lowest BCUT2D eigenvalue weighted by atomic mass is 9.98. The number of likely N-dealkylation sites (N-methyl/N-ethyl adjacent to an activating group) is 1. The molecule has 1 aliphatic rings. The lowest BCUT2D eigenvalue weighted by Gasteiger charge is -2.33. The van der Waals surface area contributed by atoms with Crippen LogP contribution in [0.5, 0.6) is 0 Å². The minimum Gasteiger partial charge on any atom is -0.459 e. The number of benzene rings is 2. The van der Waals surface area contributed by atoms with Crippen molar-refractivity contribution in [3.05, 3.63) is 65.2 Å². The molecule has 0 aromatic heterocycles. The van der Waals surface area contributed by atoms with Gasteiger partial charge in [0, 0.05) is 32.6 Å². The molecule has 0 aliphatic carbocycles. The van der Waals surface area contributed by atoms with Gasteiger partial charge in [0.15, 0.2) is 0 Å². The van der Waals surface area contributed by atoms with Gasteiger partial charge in [-0.15, -0.1) is 0 Å². The summed E-state index contributed by atoms with van der Waals surface area (Å²) in [6.07, 6.45) is 0.484. The van der Waals surface area contributed by atoms with Crippen molar-refractivity contribution in [2.45, 2.75) is 84.5 Å². The number of ether oxygens (including phenoxy) is 1. The minimum atomic E-state index is -1.08. The highest BCUT2D eigenvalue weighted by molar-refractivity contribution is 6.21. The topological polar surface area (TPSA) is 168 Å². The van der Waals surface area contributed by atoms with Gasteiger partial charge in [0.05, 0.1) is 17.2 Å². The van der Waals surface area contributed by atoms with Gasteiger partial charge in [-0.1, -0.05) is 44.2 Å². The zero-order valence-corrected chi connectivity index (χ0v) is 27.6. The molecule has 0 saturated heterocycles. The highest BCUT2D eigenvalue weighted by atomic mass is 16.6. The Morgan fingerprint density at radius 1 is 0.957 bits per heavy atom. The second kappa shape index (κ2) is 15.1. The fourth-order valence-corrected chi connectivity index (χ4v) is 5.29. The van der Waals surface area contributed by atoms with E-state index in [0.29, 0.717) is 12.1 Å². The zero-order valence-electron chi connectivity index (χ0n) is 27.6. The van der Waals surface area contributed by atoms with Crippen molar-refractivity contribution < 1.29 is 33.5 Å². The van der Waals surface area contributed by atoms with E-state index in [1.807, 2.05) is 44.2 Å². The first-order valence-electron chi connectivity index (χ1n) is 15.3. The molecule has 12 nitrogen and oxygen atoms in total. The fourth-order valence-electron chi connectivity index (χ4n) is 5.29. The Hall–Kier alpha value is -4.58. The second-order valence-corrected chi connectivity index (χ2v) is 13.0. The normalized spacial score (nSPS) is 14.8. The van der Waals surface area contributed by atoms with Crippen molar-refractivity contribution in [2.24, 2.45) is 11.7 Å². The molecular weight excluding hydrogens is 590 g/mol. The summed E-state index contributed by atoms with van der Waals surface area (Å²) in [7, 11) is 1.51. The molecule has 3 atom stereocenters. The Labute approximate surface area is 270 Å². The lowest BCUT2D eigenvalue weighted by Crippen LogP contribution is -2.57. The van der Waals surface area contributed by atoms with Gasteiger partial charge < -0.3 is 20.7 Å². The maximum absolute atomic E-state index is 13.9. The van der Waals surface area contributed by atoms with Gasteiger partial charge in [-0.05, 0) is 63.3 Å². The van der Waals surface area contributed by atoms with E-state index < -0.39 is 53.3 Å². The summed E-state index contributed by atoms with van der Waals surface area (Å²) in [6.45, 7) is 10.2. The molecule has 0 unspecified atom stereocenters. The minimum absolute atomic E-state index is 0.0179. The number of carbonyl (C=O) groups is 6. The van der Waals surface area contributed by atoms with Crippen LogP contribution < -0.4 is 16.4 Å². The predicted molar refractivity (Wildman–Crippen MR) is 173 cm³/mol. The van der Waals surface area contributed by atoms with E-state index in [2.05, 4.69) is 10.6 Å². The molecule has 0 radical (unpaired) electrons. The molecule has 5 amide bonds. The number of primary amides is 1. The van der Waals surface area contributed by atoms with Gasteiger partial charge in [0.2, 0.25) is 17.7 Å². The zero-order chi connectivity index (χ0) is 34.3. The molecule has 2 aromatic rings. The molecule has 46 heavy (non-hydrogen) atoms. The first kappa shape index (κ1) is 35.9. The van der Waals surface area contributed by atoms with E-state index in [0.717, 1.165) is 10.5 Å². The van der Waals surface area contributed by atoms with Crippen LogP contribution >= 0.6 is 0 Å². The Kier molecular flexibility index (Phi) is 11.8. The van der Waals surface area contributed by atoms with E-state index in [9.17, 15) is 28.8 Å². The van der Waals surface area contributed by atoms with Crippen molar-refractivity contribution >= 4 is 41.2 Å². The summed E-state index contributed by atoms with van der Waals surface area (Å²) in [5, 5.41) is 5.74. The Morgan fingerprint density at radius 2 is 1.59 bits per heavy atom. The van der Waals surface area contributed by atoms with Gasteiger partial charge in [0.25, 0.3) is 11.8 Å². The summed E-state index contributed by atoms with van der Waals surface area (Å²) in [5.74, 6) is -3.15. The maximum atomic E-state index is 13.9. The van der Waals surface area contributed by atoms with Crippen LogP contribution in [0.4, 0.5) is 5.69 Å². The smallest absolute Gasteiger partial charge is 0.323 e. The molecule has 12 heteroatoms. The Bertz CT molecular complexity index is 1470. The number of amides is 5. The average Bonchev–Trinajstić information content (AvgIpc) is 3.19. The summed E-state index contributed by atoms with van der Waals surface area (Å²) in [4.78, 5) is 80.2. The molecule has 4 N–H and O–H groups in total. The van der Waals surface area contributed by atoms with E-state index in [1.165, 1.54) is 37.1 Å². The van der Waals surface area contributed by atoms with Crippen LogP contribution in [-0.4, -0.2) is 82.6 Å². The number of nitrogens with two attached hydrogens (primary N) is 1. The van der Waals surface area contributed by atoms with E-state index >= 15 is 0 Å². The number of rotatable bonds is 14. The van der Waals surface area contributed by atoms with Gasteiger partial charge in [0.1, 0.15) is 17.7 Å². The third-order valence-electron chi connectivity index (χ3n) is 7.45. The quantitative estimate of drug-likeness (QED) is 0.210. The number of hydrogen-bond acceptors (Lipinski definition) is 8. The number of imide groups is 1. The Balaban J connectivity index is 1.85. The SMILES string of the molecule is CC(=O)Nc1ccc2c(c1)C(=O)N(CC[C@@H](N[C@@H](CC(C)C)C(=O)N(C)[C@@H](Cc1ccccc1)C(N)=O)C(=O)OC(C)(C)C)C2=O. The predicted octanol–water partition coefficient (Wildman–Crippen LogP) is 2.90. The highest BCUT2D eigenvalue weighted by Crippen LogP contribution is 2.27. The van der Waals surface area contributed by atoms with E-state index in [1.54, 1.807) is 20.8 Å². The van der Waals surface area contributed by atoms with Gasteiger partial charge in [-0.3, -0.25) is 39.0 Å². The number of fused-ring (bicyclic) bond motifs is 1. The second-order valence-electron chi connectivity index (χ2n) is 13.0. The largest absolute Gasteiger partial charge is 0.459 e. The van der Waals surface area contributed by atoms with Crippen LogP contribution in [0.1, 0.15) is 80.7 Å². The van der Waals surface area contributed by atoms with Crippen LogP contribution in [0.3, 0.4) is 0 Å². The van der Waals surface area contributed by atoms with Crippen LogP contribution in [0, 0.1) is 5.92 Å². The van der Waals surface area contributed by atoms with Gasteiger partial charge in [-0.2, -0.15) is 0 Å². The molecule has 2 aromatic carbocycles. The van der Waals surface area contributed by atoms with Crippen molar-refractivity contribution in [3.8, 4) is 0 Å². The molecule has 0 fully saturated rings. The van der Waals surface area contributed by atoms with Crippen LogP contribution in [0.25, 0.3) is 0 Å². The first-order valence-corrected chi connectivity index (χ1v) is 15.3. The third-order valence-corrected chi connectivity index (χ3v) is 7.45. The molecule has 248 valence electrons. The van der Waals surface area contributed by atoms with Crippen molar-refractivity contribution in [2.75, 3.05) is 18.9 Å². The average molecular weight is 636 g/mol. The third kappa shape index (κ3) is 9.46. The van der Waals surface area contributed by atoms with Crippen LogP contribution in [0.2, 0.25) is 0 Å².